The zero-order chi connectivity index (χ0) is 22.5. The van der Waals surface area contributed by atoms with Gasteiger partial charge in [-0.1, -0.05) is 42.5 Å². The fourth-order valence-electron chi connectivity index (χ4n) is 3.68. The molecule has 32 heavy (non-hydrogen) atoms. The van der Waals surface area contributed by atoms with E-state index in [1.807, 2.05) is 78.6 Å². The van der Waals surface area contributed by atoms with E-state index in [-0.39, 0.29) is 12.3 Å². The molecule has 0 amide bonds. The van der Waals surface area contributed by atoms with E-state index >= 15 is 0 Å². The third-order valence-electron chi connectivity index (χ3n) is 5.35. The highest BCUT2D eigenvalue weighted by atomic mass is 16.5. The number of carboxylic acids is 1. The lowest BCUT2D eigenvalue weighted by Gasteiger charge is -2.16. The van der Waals surface area contributed by atoms with Crippen LogP contribution in [-0.2, 0) is 17.9 Å². The number of nitrogens with zero attached hydrogens (tertiary/aromatic N) is 3. The highest BCUT2D eigenvalue weighted by Gasteiger charge is 2.16. The van der Waals surface area contributed by atoms with Crippen LogP contribution in [0.1, 0.15) is 36.0 Å². The van der Waals surface area contributed by atoms with Crippen molar-refractivity contribution in [3.63, 3.8) is 0 Å². The Balaban J connectivity index is 1.41. The van der Waals surface area contributed by atoms with Crippen molar-refractivity contribution < 1.29 is 14.6 Å². The SMILES string of the molecule is C=C(C)[C@@H](CC(=O)O)c1ccc(OCc2ccc3cn(Cc4cccnc4)nc3c2)cc1. The van der Waals surface area contributed by atoms with E-state index in [4.69, 9.17) is 9.84 Å². The minimum absolute atomic E-state index is 0.0307. The first-order chi connectivity index (χ1) is 15.5. The molecule has 0 saturated heterocycles. The maximum absolute atomic E-state index is 11.1. The van der Waals surface area contributed by atoms with Crippen LogP contribution in [0, 0.1) is 0 Å². The maximum Gasteiger partial charge on any atom is 0.304 e. The first-order valence-electron chi connectivity index (χ1n) is 10.4. The van der Waals surface area contributed by atoms with Crippen molar-refractivity contribution in [3.05, 3.63) is 102 Å². The summed E-state index contributed by atoms with van der Waals surface area (Å²) in [6.07, 6.45) is 5.67. The van der Waals surface area contributed by atoms with Crippen LogP contribution in [0.15, 0.2) is 85.3 Å². The molecular weight excluding hydrogens is 402 g/mol. The second-order valence-corrected chi connectivity index (χ2v) is 7.94. The van der Waals surface area contributed by atoms with Crippen LogP contribution in [0.2, 0.25) is 0 Å². The molecule has 0 aliphatic rings. The summed E-state index contributed by atoms with van der Waals surface area (Å²) in [6, 6.07) is 17.6. The standard InChI is InChI=1S/C26H25N3O3/c1-18(2)24(13-26(30)31)21-7-9-23(10-8-21)32-17-19-5-6-22-16-29(28-25(22)12-19)15-20-4-3-11-27-14-20/h3-12,14,16,24H,1,13,15,17H2,2H3,(H,30,31)/t24-/m1/s1. The second kappa shape index (κ2) is 9.47. The van der Waals surface area contributed by atoms with E-state index in [0.717, 1.165) is 38.9 Å². The van der Waals surface area contributed by atoms with Crippen LogP contribution in [0.3, 0.4) is 0 Å². The number of carboxylic acid groups (broad SMARTS) is 1. The summed E-state index contributed by atoms with van der Waals surface area (Å²) in [7, 11) is 0. The topological polar surface area (TPSA) is 77.2 Å². The fourth-order valence-corrected chi connectivity index (χ4v) is 3.68. The largest absolute Gasteiger partial charge is 0.489 e. The Bertz CT molecular complexity index is 1230. The van der Waals surface area contributed by atoms with Crippen LogP contribution in [0.5, 0.6) is 5.75 Å². The zero-order valence-corrected chi connectivity index (χ0v) is 17.9. The van der Waals surface area contributed by atoms with Gasteiger partial charge in [-0.15, -0.1) is 0 Å². The summed E-state index contributed by atoms with van der Waals surface area (Å²) < 4.78 is 7.85. The molecule has 162 valence electrons. The third-order valence-corrected chi connectivity index (χ3v) is 5.35. The number of aliphatic carboxylic acids is 1. The second-order valence-electron chi connectivity index (χ2n) is 7.94. The number of hydrogen-bond donors (Lipinski definition) is 1. The van der Waals surface area contributed by atoms with Crippen molar-refractivity contribution in [1.82, 2.24) is 14.8 Å². The van der Waals surface area contributed by atoms with Crippen molar-refractivity contribution in [2.45, 2.75) is 32.4 Å². The number of pyridine rings is 1. The van der Waals surface area contributed by atoms with Crippen molar-refractivity contribution in [2.75, 3.05) is 0 Å². The van der Waals surface area contributed by atoms with Crippen LogP contribution in [0.25, 0.3) is 10.9 Å². The fraction of sp³-hybridized carbons (Fsp3) is 0.192. The van der Waals surface area contributed by atoms with E-state index in [1.165, 1.54) is 0 Å². The Kier molecular flexibility index (Phi) is 6.31. The molecule has 0 spiro atoms. The predicted octanol–water partition coefficient (Wildman–Crippen LogP) is 5.19. The van der Waals surface area contributed by atoms with E-state index in [0.29, 0.717) is 13.2 Å². The molecule has 2 heterocycles. The number of rotatable bonds is 9. The number of hydrogen-bond acceptors (Lipinski definition) is 4. The smallest absolute Gasteiger partial charge is 0.304 e. The molecule has 4 rings (SSSR count). The molecule has 0 aliphatic heterocycles. The summed E-state index contributed by atoms with van der Waals surface area (Å²) in [5, 5.41) is 14.9. The quantitative estimate of drug-likeness (QED) is 0.372. The third kappa shape index (κ3) is 5.21. The summed E-state index contributed by atoms with van der Waals surface area (Å²) in [5.41, 5.74) is 4.80. The molecule has 0 bridgehead atoms. The van der Waals surface area contributed by atoms with E-state index < -0.39 is 5.97 Å². The average molecular weight is 428 g/mol. The Morgan fingerprint density at radius 1 is 1.16 bits per heavy atom. The van der Waals surface area contributed by atoms with Crippen LogP contribution < -0.4 is 4.74 Å². The molecule has 6 nitrogen and oxygen atoms in total. The maximum atomic E-state index is 11.1. The monoisotopic (exact) mass is 427 g/mol. The molecule has 2 aromatic carbocycles. The summed E-state index contributed by atoms with van der Waals surface area (Å²) in [6.45, 7) is 6.88. The molecule has 0 fully saturated rings. The Hall–Kier alpha value is -3.93. The van der Waals surface area contributed by atoms with E-state index in [9.17, 15) is 4.79 Å². The molecule has 0 saturated carbocycles. The van der Waals surface area contributed by atoms with Gasteiger partial charge in [0.2, 0.25) is 0 Å². The van der Waals surface area contributed by atoms with Gasteiger partial charge in [0.1, 0.15) is 12.4 Å². The van der Waals surface area contributed by atoms with Gasteiger partial charge in [-0.05, 0) is 47.9 Å². The van der Waals surface area contributed by atoms with Crippen molar-refractivity contribution >= 4 is 16.9 Å². The number of allylic oxidation sites excluding steroid dienone is 1. The van der Waals surface area contributed by atoms with Crippen molar-refractivity contribution in [1.29, 1.82) is 0 Å². The highest BCUT2D eigenvalue weighted by molar-refractivity contribution is 5.78. The lowest BCUT2D eigenvalue weighted by Crippen LogP contribution is -2.07. The molecule has 0 unspecified atom stereocenters. The number of fused-ring (bicyclic) bond motifs is 1. The summed E-state index contributed by atoms with van der Waals surface area (Å²) in [4.78, 5) is 15.3. The Labute approximate surface area is 186 Å². The molecule has 4 aromatic rings. The highest BCUT2D eigenvalue weighted by Crippen LogP contribution is 2.28. The van der Waals surface area contributed by atoms with Gasteiger partial charge in [-0.2, -0.15) is 5.10 Å². The zero-order valence-electron chi connectivity index (χ0n) is 17.9. The minimum atomic E-state index is -0.836. The van der Waals surface area contributed by atoms with Crippen molar-refractivity contribution in [2.24, 2.45) is 0 Å². The van der Waals surface area contributed by atoms with Gasteiger partial charge in [0.15, 0.2) is 0 Å². The number of ether oxygens (including phenoxy) is 1. The van der Waals surface area contributed by atoms with Crippen molar-refractivity contribution in [3.8, 4) is 5.75 Å². The molecule has 1 N–H and O–H groups in total. The molecule has 2 aromatic heterocycles. The van der Waals surface area contributed by atoms with E-state index in [1.54, 1.807) is 6.20 Å². The summed E-state index contributed by atoms with van der Waals surface area (Å²) >= 11 is 0. The Morgan fingerprint density at radius 2 is 1.97 bits per heavy atom. The molecule has 1 atom stereocenters. The normalized spacial score (nSPS) is 11.9. The first kappa shape index (κ1) is 21.3. The number of carbonyl (C=O) groups is 1. The number of aromatic nitrogens is 3. The lowest BCUT2D eigenvalue weighted by molar-refractivity contribution is -0.137. The Morgan fingerprint density at radius 3 is 2.66 bits per heavy atom. The van der Waals surface area contributed by atoms with Gasteiger partial charge in [0.05, 0.1) is 18.5 Å². The molecule has 0 aliphatic carbocycles. The van der Waals surface area contributed by atoms with Gasteiger partial charge in [-0.25, -0.2) is 0 Å². The average Bonchev–Trinajstić information content (AvgIpc) is 3.18. The number of benzene rings is 2. The van der Waals surface area contributed by atoms with Gasteiger partial charge in [0.25, 0.3) is 0 Å². The van der Waals surface area contributed by atoms with Gasteiger partial charge < -0.3 is 9.84 Å². The minimum Gasteiger partial charge on any atom is -0.489 e. The molecular formula is C26H25N3O3. The first-order valence-corrected chi connectivity index (χ1v) is 10.4. The molecule has 0 radical (unpaired) electrons. The van der Waals surface area contributed by atoms with Gasteiger partial charge in [-0.3, -0.25) is 14.5 Å². The van der Waals surface area contributed by atoms with E-state index in [2.05, 4.69) is 16.7 Å². The predicted molar refractivity (Wildman–Crippen MR) is 124 cm³/mol. The van der Waals surface area contributed by atoms with Crippen LogP contribution >= 0.6 is 0 Å². The van der Waals surface area contributed by atoms with Crippen LogP contribution in [0.4, 0.5) is 0 Å². The van der Waals surface area contributed by atoms with Crippen LogP contribution in [-0.4, -0.2) is 25.8 Å². The van der Waals surface area contributed by atoms with Gasteiger partial charge in [0, 0.05) is 29.9 Å². The molecule has 6 heteroatoms. The van der Waals surface area contributed by atoms with Gasteiger partial charge >= 0.3 is 5.97 Å². The lowest BCUT2D eigenvalue weighted by atomic mass is 9.90. The summed E-state index contributed by atoms with van der Waals surface area (Å²) in [5.74, 6) is -0.311.